The van der Waals surface area contributed by atoms with E-state index in [2.05, 4.69) is 0 Å². The van der Waals surface area contributed by atoms with Crippen LogP contribution in [0.15, 0.2) is 0 Å². The second kappa shape index (κ2) is 7.33. The summed E-state index contributed by atoms with van der Waals surface area (Å²) >= 11 is 0. The first-order valence-corrected chi connectivity index (χ1v) is 7.39. The molecular formula is C8H22N2O3Si. The minimum atomic E-state index is -2.12. The van der Waals surface area contributed by atoms with Gasteiger partial charge >= 0.3 is 8.56 Å². The molecule has 5 N–H and O–H groups in total. The number of hydrogen-bond donors (Lipinski definition) is 3. The highest BCUT2D eigenvalue weighted by Gasteiger charge is 2.29. The molecule has 0 aliphatic heterocycles. The molecule has 86 valence electrons. The minimum Gasteiger partial charge on any atom is -0.398 e. The van der Waals surface area contributed by atoms with E-state index < -0.39 is 14.8 Å². The fourth-order valence-corrected chi connectivity index (χ4v) is 2.88. The Labute approximate surface area is 86.6 Å². The van der Waals surface area contributed by atoms with Gasteiger partial charge < -0.3 is 25.4 Å². The summed E-state index contributed by atoms with van der Waals surface area (Å²) in [4.78, 5) is 0. The lowest BCUT2D eigenvalue weighted by molar-refractivity contribution is 0.162. The molecule has 14 heavy (non-hydrogen) atoms. The van der Waals surface area contributed by atoms with E-state index in [1.54, 1.807) is 7.11 Å². The van der Waals surface area contributed by atoms with Crippen molar-refractivity contribution in [3.63, 3.8) is 0 Å². The zero-order valence-corrected chi connectivity index (χ0v) is 10.0. The topological polar surface area (TPSA) is 90.7 Å². The number of hydrogen-bond acceptors (Lipinski definition) is 5. The van der Waals surface area contributed by atoms with Crippen molar-refractivity contribution < 1.29 is 14.0 Å². The van der Waals surface area contributed by atoms with Gasteiger partial charge in [-0.2, -0.15) is 0 Å². The molecule has 0 bridgehead atoms. The van der Waals surface area contributed by atoms with Crippen LogP contribution in [0.1, 0.15) is 12.8 Å². The third kappa shape index (κ3) is 6.47. The van der Waals surface area contributed by atoms with Crippen LogP contribution in [0.4, 0.5) is 0 Å². The van der Waals surface area contributed by atoms with Crippen LogP contribution in [-0.4, -0.2) is 40.2 Å². The molecule has 0 aliphatic carbocycles. The van der Waals surface area contributed by atoms with Crippen LogP contribution in [0.5, 0.6) is 0 Å². The lowest BCUT2D eigenvalue weighted by Gasteiger charge is -2.25. The molecule has 0 amide bonds. The maximum absolute atomic E-state index is 8.95. The maximum Gasteiger partial charge on any atom is 0.334 e. The van der Waals surface area contributed by atoms with E-state index >= 15 is 0 Å². The predicted molar refractivity (Wildman–Crippen MR) is 57.9 cm³/mol. The maximum atomic E-state index is 8.95. The first kappa shape index (κ1) is 14.0. The molecule has 6 heteroatoms. The standard InChI is InChI=1S/C8H22N2O3Si/c1-12-14(2,7-4-8(10)11)13-6-3-5-9/h8,11H,3-7,9-10H2,1-2H3. The molecular weight excluding hydrogens is 200 g/mol. The Balaban J connectivity index is 3.79. The van der Waals surface area contributed by atoms with Gasteiger partial charge in [0.1, 0.15) is 6.23 Å². The molecule has 0 radical (unpaired) electrons. The zero-order valence-electron chi connectivity index (χ0n) is 9.03. The average Bonchev–Trinajstić information content (AvgIpc) is 2.15. The fourth-order valence-electron chi connectivity index (χ4n) is 1.01. The van der Waals surface area contributed by atoms with Gasteiger partial charge in [-0.1, -0.05) is 0 Å². The average molecular weight is 222 g/mol. The predicted octanol–water partition coefficient (Wildman–Crippen LogP) is -0.263. The molecule has 0 saturated carbocycles. The SMILES string of the molecule is CO[Si](C)(CCC(N)O)OCCCN. The van der Waals surface area contributed by atoms with E-state index in [9.17, 15) is 0 Å². The molecule has 0 fully saturated rings. The third-order valence-electron chi connectivity index (χ3n) is 2.08. The summed E-state index contributed by atoms with van der Waals surface area (Å²) in [5, 5.41) is 8.95. The van der Waals surface area contributed by atoms with E-state index in [0.29, 0.717) is 25.6 Å². The first-order valence-electron chi connectivity index (χ1n) is 4.87. The van der Waals surface area contributed by atoms with Gasteiger partial charge in [0.05, 0.1) is 0 Å². The monoisotopic (exact) mass is 222 g/mol. The van der Waals surface area contributed by atoms with Crippen LogP contribution in [0, 0.1) is 0 Å². The quantitative estimate of drug-likeness (QED) is 0.299. The van der Waals surface area contributed by atoms with Gasteiger partial charge in [0, 0.05) is 13.7 Å². The van der Waals surface area contributed by atoms with Crippen molar-refractivity contribution in [2.75, 3.05) is 20.3 Å². The number of nitrogens with two attached hydrogens (primary N) is 2. The largest absolute Gasteiger partial charge is 0.398 e. The Bertz CT molecular complexity index is 149. The lowest BCUT2D eigenvalue weighted by atomic mass is 10.4. The van der Waals surface area contributed by atoms with Crippen molar-refractivity contribution in [2.24, 2.45) is 11.5 Å². The van der Waals surface area contributed by atoms with Crippen molar-refractivity contribution in [3.8, 4) is 0 Å². The third-order valence-corrected chi connectivity index (χ3v) is 4.96. The van der Waals surface area contributed by atoms with E-state index in [0.717, 1.165) is 6.42 Å². The van der Waals surface area contributed by atoms with Crippen LogP contribution >= 0.6 is 0 Å². The van der Waals surface area contributed by atoms with Crippen LogP contribution in [0.3, 0.4) is 0 Å². The number of aliphatic hydroxyl groups excluding tert-OH is 1. The number of aliphatic hydroxyl groups is 1. The minimum absolute atomic E-state index is 0.513. The Morgan fingerprint density at radius 2 is 2.14 bits per heavy atom. The van der Waals surface area contributed by atoms with E-state index in [4.69, 9.17) is 25.4 Å². The molecule has 0 heterocycles. The fraction of sp³-hybridized carbons (Fsp3) is 1.00. The Kier molecular flexibility index (Phi) is 7.34. The van der Waals surface area contributed by atoms with Gasteiger partial charge in [0.25, 0.3) is 0 Å². The van der Waals surface area contributed by atoms with Gasteiger partial charge in [-0.3, -0.25) is 0 Å². The molecule has 0 aromatic carbocycles. The van der Waals surface area contributed by atoms with Crippen molar-refractivity contribution in [1.82, 2.24) is 0 Å². The Morgan fingerprint density at radius 1 is 1.50 bits per heavy atom. The summed E-state index contributed by atoms with van der Waals surface area (Å²) < 4.78 is 11.0. The van der Waals surface area contributed by atoms with E-state index in [-0.39, 0.29) is 0 Å². The molecule has 0 aliphatic rings. The summed E-state index contributed by atoms with van der Waals surface area (Å²) in [6.07, 6.45) is 0.561. The van der Waals surface area contributed by atoms with Crippen molar-refractivity contribution in [3.05, 3.63) is 0 Å². The Morgan fingerprint density at radius 3 is 2.57 bits per heavy atom. The normalized spacial score (nSPS) is 17.8. The molecule has 0 aromatic rings. The lowest BCUT2D eigenvalue weighted by Crippen LogP contribution is -2.39. The van der Waals surface area contributed by atoms with E-state index in [1.807, 2.05) is 6.55 Å². The van der Waals surface area contributed by atoms with Crippen LogP contribution in [0.25, 0.3) is 0 Å². The molecule has 2 atom stereocenters. The Hall–Kier alpha value is 0.0169. The first-order chi connectivity index (χ1) is 6.54. The highest BCUT2D eigenvalue weighted by atomic mass is 28.4. The molecule has 0 aromatic heterocycles. The highest BCUT2D eigenvalue weighted by molar-refractivity contribution is 6.65. The summed E-state index contributed by atoms with van der Waals surface area (Å²) in [5.41, 5.74) is 10.6. The second-order valence-corrected chi connectivity index (χ2v) is 6.90. The summed E-state index contributed by atoms with van der Waals surface area (Å²) in [6.45, 7) is 3.20. The molecule has 2 unspecified atom stereocenters. The van der Waals surface area contributed by atoms with Gasteiger partial charge in [0.15, 0.2) is 0 Å². The second-order valence-electron chi connectivity index (χ2n) is 3.43. The highest BCUT2D eigenvalue weighted by Crippen LogP contribution is 2.15. The summed E-state index contributed by atoms with van der Waals surface area (Å²) in [6, 6.07) is 0.700. The van der Waals surface area contributed by atoms with E-state index in [1.165, 1.54) is 0 Å². The van der Waals surface area contributed by atoms with Crippen molar-refractivity contribution in [2.45, 2.75) is 31.7 Å². The number of rotatable bonds is 8. The molecule has 5 nitrogen and oxygen atoms in total. The van der Waals surface area contributed by atoms with Crippen molar-refractivity contribution in [1.29, 1.82) is 0 Å². The smallest absolute Gasteiger partial charge is 0.334 e. The molecule has 0 spiro atoms. The van der Waals surface area contributed by atoms with Gasteiger partial charge in [0.2, 0.25) is 0 Å². The van der Waals surface area contributed by atoms with Gasteiger partial charge in [-0.05, 0) is 32.0 Å². The van der Waals surface area contributed by atoms with Crippen molar-refractivity contribution >= 4 is 8.56 Å². The zero-order chi connectivity index (χ0) is 11.0. The van der Waals surface area contributed by atoms with Gasteiger partial charge in [-0.15, -0.1) is 0 Å². The van der Waals surface area contributed by atoms with Crippen LogP contribution < -0.4 is 11.5 Å². The molecule has 0 saturated heterocycles. The molecule has 0 rings (SSSR count). The summed E-state index contributed by atoms with van der Waals surface area (Å²) in [7, 11) is -0.482. The van der Waals surface area contributed by atoms with Crippen LogP contribution in [0.2, 0.25) is 12.6 Å². The summed E-state index contributed by atoms with van der Waals surface area (Å²) in [5.74, 6) is 0. The van der Waals surface area contributed by atoms with Crippen LogP contribution in [-0.2, 0) is 8.85 Å². The van der Waals surface area contributed by atoms with Gasteiger partial charge in [-0.25, -0.2) is 0 Å².